The van der Waals surface area contributed by atoms with Crippen molar-refractivity contribution in [2.24, 2.45) is 0 Å². The lowest BCUT2D eigenvalue weighted by Crippen LogP contribution is -2.14. The van der Waals surface area contributed by atoms with Gasteiger partial charge in [0.15, 0.2) is 5.69 Å². The van der Waals surface area contributed by atoms with Gasteiger partial charge < -0.3 is 5.32 Å². The van der Waals surface area contributed by atoms with Crippen LogP contribution < -0.4 is 5.32 Å². The van der Waals surface area contributed by atoms with Crippen LogP contribution in [0, 0.1) is 6.92 Å². The van der Waals surface area contributed by atoms with Gasteiger partial charge >= 0.3 is 6.18 Å². The Bertz CT molecular complexity index is 589. The smallest absolute Gasteiger partial charge is 0.321 e. The summed E-state index contributed by atoms with van der Waals surface area (Å²) in [5, 5.41) is 12.0. The minimum absolute atomic E-state index is 0.0971. The molecule has 0 saturated heterocycles. The van der Waals surface area contributed by atoms with Crippen LogP contribution >= 0.6 is 0 Å². The molecule has 8 heteroatoms. The third-order valence-electron chi connectivity index (χ3n) is 2.41. The molecule has 5 nitrogen and oxygen atoms in total. The summed E-state index contributed by atoms with van der Waals surface area (Å²) >= 11 is 0. The minimum Gasteiger partial charge on any atom is -0.321 e. The third-order valence-corrected chi connectivity index (χ3v) is 2.41. The molecule has 1 aromatic heterocycles. The Morgan fingerprint density at radius 1 is 1.21 bits per heavy atom. The number of aryl methyl sites for hydroxylation is 1. The van der Waals surface area contributed by atoms with Crippen molar-refractivity contribution in [3.63, 3.8) is 0 Å². The van der Waals surface area contributed by atoms with Crippen LogP contribution in [0.3, 0.4) is 0 Å². The van der Waals surface area contributed by atoms with Crippen molar-refractivity contribution in [2.45, 2.75) is 13.1 Å². The number of carbonyl (C=O) groups excluding carboxylic acids is 1. The van der Waals surface area contributed by atoms with E-state index in [9.17, 15) is 18.0 Å². The number of halogens is 3. The number of amides is 1. The highest BCUT2D eigenvalue weighted by Gasteiger charge is 2.30. The summed E-state index contributed by atoms with van der Waals surface area (Å²) in [5.41, 5.74) is -0.0205. The lowest BCUT2D eigenvalue weighted by Gasteiger charge is -2.08. The van der Waals surface area contributed by atoms with E-state index in [1.807, 2.05) is 0 Å². The van der Waals surface area contributed by atoms with Crippen molar-refractivity contribution in [3.05, 3.63) is 41.2 Å². The van der Waals surface area contributed by atoms with Crippen LogP contribution in [0.1, 0.15) is 21.7 Å². The summed E-state index contributed by atoms with van der Waals surface area (Å²) in [7, 11) is 0. The fourth-order valence-electron chi connectivity index (χ4n) is 1.43. The number of carbonyl (C=O) groups is 1. The molecule has 0 bridgehead atoms. The lowest BCUT2D eigenvalue weighted by atomic mass is 10.2. The van der Waals surface area contributed by atoms with Crippen LogP contribution in [-0.2, 0) is 6.18 Å². The Kier molecular flexibility index (Phi) is 3.24. The van der Waals surface area contributed by atoms with Gasteiger partial charge in [-0.2, -0.15) is 28.6 Å². The molecule has 0 spiro atoms. The van der Waals surface area contributed by atoms with Gasteiger partial charge in [0.25, 0.3) is 5.91 Å². The first kappa shape index (κ1) is 13.1. The topological polar surface area (TPSA) is 70.7 Å². The fraction of sp³-hybridized carbons (Fsp3) is 0.182. The third kappa shape index (κ3) is 2.90. The fourth-order valence-corrected chi connectivity index (χ4v) is 1.43. The van der Waals surface area contributed by atoms with Crippen LogP contribution in [0.4, 0.5) is 18.9 Å². The first-order valence-electron chi connectivity index (χ1n) is 5.24. The average Bonchev–Trinajstić information content (AvgIpc) is 2.75. The predicted octanol–water partition coefficient (Wildman–Crippen LogP) is 2.38. The van der Waals surface area contributed by atoms with Gasteiger partial charge in [-0.05, 0) is 31.2 Å². The maximum absolute atomic E-state index is 12.3. The molecule has 2 aromatic rings. The van der Waals surface area contributed by atoms with Gasteiger partial charge in [0.2, 0.25) is 0 Å². The van der Waals surface area contributed by atoms with E-state index in [0.717, 1.165) is 12.1 Å². The molecule has 2 N–H and O–H groups in total. The summed E-state index contributed by atoms with van der Waals surface area (Å²) in [5.74, 6) is -0.536. The number of H-pyrrole nitrogens is 1. The number of benzene rings is 1. The molecular weight excluding hydrogens is 261 g/mol. The van der Waals surface area contributed by atoms with Crippen LogP contribution in [-0.4, -0.2) is 21.3 Å². The molecule has 2 rings (SSSR count). The maximum Gasteiger partial charge on any atom is 0.416 e. The second-order valence-electron chi connectivity index (χ2n) is 3.79. The molecule has 0 atom stereocenters. The summed E-state index contributed by atoms with van der Waals surface area (Å²) < 4.78 is 37.0. The number of hydrogen-bond donors (Lipinski definition) is 2. The Hall–Kier alpha value is -2.38. The highest BCUT2D eigenvalue weighted by Crippen LogP contribution is 2.29. The lowest BCUT2D eigenvalue weighted by molar-refractivity contribution is -0.137. The number of hydrogen-bond acceptors (Lipinski definition) is 3. The molecule has 100 valence electrons. The van der Waals surface area contributed by atoms with E-state index >= 15 is 0 Å². The molecule has 0 aliphatic rings. The molecule has 1 aromatic carbocycles. The molecule has 1 heterocycles. The molecule has 0 radical (unpaired) electrons. The van der Waals surface area contributed by atoms with E-state index in [1.165, 1.54) is 12.1 Å². The number of anilines is 1. The van der Waals surface area contributed by atoms with E-state index in [0.29, 0.717) is 5.69 Å². The first-order valence-corrected chi connectivity index (χ1v) is 5.24. The molecular formula is C11H9F3N4O. The number of alkyl halides is 3. The summed E-state index contributed by atoms with van der Waals surface area (Å²) in [6.07, 6.45) is -4.40. The van der Waals surface area contributed by atoms with Gasteiger partial charge in [-0.3, -0.25) is 4.79 Å². The van der Waals surface area contributed by atoms with Crippen LogP contribution in [0.25, 0.3) is 0 Å². The normalized spacial score (nSPS) is 11.4. The molecule has 0 aliphatic carbocycles. The molecule has 0 fully saturated rings. The number of aromatic amines is 1. The number of aromatic nitrogens is 3. The SMILES string of the molecule is Cc1n[nH]nc1C(=O)Nc1ccc(C(F)(F)F)cc1. The van der Waals surface area contributed by atoms with Gasteiger partial charge in [-0.25, -0.2) is 0 Å². The second-order valence-corrected chi connectivity index (χ2v) is 3.79. The van der Waals surface area contributed by atoms with Gasteiger partial charge in [-0.15, -0.1) is 0 Å². The average molecular weight is 270 g/mol. The van der Waals surface area contributed by atoms with E-state index in [1.54, 1.807) is 6.92 Å². The number of rotatable bonds is 2. The first-order chi connectivity index (χ1) is 8.88. The quantitative estimate of drug-likeness (QED) is 0.880. The Morgan fingerprint density at radius 3 is 2.32 bits per heavy atom. The minimum atomic E-state index is -4.40. The zero-order valence-corrected chi connectivity index (χ0v) is 9.75. The standard InChI is InChI=1S/C11H9F3N4O/c1-6-9(17-18-16-6)10(19)15-8-4-2-7(3-5-8)11(12,13)14/h2-5H,1H3,(H,15,19)(H,16,17,18). The monoisotopic (exact) mass is 270 g/mol. The maximum atomic E-state index is 12.3. The zero-order valence-electron chi connectivity index (χ0n) is 9.75. The zero-order chi connectivity index (χ0) is 14.0. The molecule has 0 aliphatic heterocycles. The summed E-state index contributed by atoms with van der Waals surface area (Å²) in [6.45, 7) is 1.59. The van der Waals surface area contributed by atoms with Gasteiger partial charge in [0.1, 0.15) is 0 Å². The van der Waals surface area contributed by atoms with Gasteiger partial charge in [0, 0.05) is 5.69 Å². The van der Waals surface area contributed by atoms with Crippen molar-refractivity contribution in [1.82, 2.24) is 15.4 Å². The Balaban J connectivity index is 2.12. The van der Waals surface area contributed by atoms with E-state index in [-0.39, 0.29) is 11.4 Å². The molecule has 1 amide bonds. The van der Waals surface area contributed by atoms with Crippen LogP contribution in [0.15, 0.2) is 24.3 Å². The van der Waals surface area contributed by atoms with Crippen molar-refractivity contribution in [1.29, 1.82) is 0 Å². The summed E-state index contributed by atoms with van der Waals surface area (Å²) in [6, 6.07) is 4.14. The summed E-state index contributed by atoms with van der Waals surface area (Å²) in [4.78, 5) is 11.7. The van der Waals surface area contributed by atoms with Gasteiger partial charge in [-0.1, -0.05) is 0 Å². The Morgan fingerprint density at radius 2 is 1.84 bits per heavy atom. The van der Waals surface area contributed by atoms with E-state index < -0.39 is 17.6 Å². The van der Waals surface area contributed by atoms with Crippen LogP contribution in [0.5, 0.6) is 0 Å². The second kappa shape index (κ2) is 4.71. The molecule has 0 unspecified atom stereocenters. The number of nitrogens with zero attached hydrogens (tertiary/aromatic N) is 2. The van der Waals surface area contributed by atoms with Crippen molar-refractivity contribution < 1.29 is 18.0 Å². The van der Waals surface area contributed by atoms with Crippen molar-refractivity contribution >= 4 is 11.6 Å². The highest BCUT2D eigenvalue weighted by atomic mass is 19.4. The molecule has 19 heavy (non-hydrogen) atoms. The highest BCUT2D eigenvalue weighted by molar-refractivity contribution is 6.03. The largest absolute Gasteiger partial charge is 0.416 e. The van der Waals surface area contributed by atoms with E-state index in [2.05, 4.69) is 20.7 Å². The van der Waals surface area contributed by atoms with E-state index in [4.69, 9.17) is 0 Å². The van der Waals surface area contributed by atoms with Crippen molar-refractivity contribution in [2.75, 3.05) is 5.32 Å². The van der Waals surface area contributed by atoms with Crippen molar-refractivity contribution in [3.8, 4) is 0 Å². The number of nitrogens with one attached hydrogen (secondary N) is 2. The Labute approximate surface area is 105 Å². The predicted molar refractivity (Wildman–Crippen MR) is 60.5 cm³/mol. The molecule has 0 saturated carbocycles. The van der Waals surface area contributed by atoms with Crippen LogP contribution in [0.2, 0.25) is 0 Å². The van der Waals surface area contributed by atoms with Gasteiger partial charge in [0.05, 0.1) is 11.3 Å².